The molecule has 4 N–H and O–H groups in total. The van der Waals surface area contributed by atoms with Crippen LogP contribution in [-0.2, 0) is 4.79 Å². The van der Waals surface area contributed by atoms with Crippen LogP contribution in [0.15, 0.2) is 18.2 Å². The van der Waals surface area contributed by atoms with E-state index < -0.39 is 6.04 Å². The number of aryl methyl sites for hydroxylation is 1. The zero-order valence-electron chi connectivity index (χ0n) is 15.2. The average Bonchev–Trinajstić information content (AvgIpc) is 2.52. The van der Waals surface area contributed by atoms with Gasteiger partial charge in [-0.05, 0) is 42.5 Å². The number of hydrogen-bond donors (Lipinski definition) is 3. The van der Waals surface area contributed by atoms with E-state index in [9.17, 15) is 9.59 Å². The number of carbonyl (C=O) groups excluding carboxylic acids is 2. The third-order valence-corrected chi connectivity index (χ3v) is 3.98. The van der Waals surface area contributed by atoms with E-state index >= 15 is 0 Å². The summed E-state index contributed by atoms with van der Waals surface area (Å²) in [6.07, 6.45) is 0.850. The monoisotopic (exact) mass is 355 g/mol. The number of nitrogens with two attached hydrogens (primary N) is 1. The van der Waals surface area contributed by atoms with Gasteiger partial charge in [0.2, 0.25) is 5.91 Å². The molecule has 0 aliphatic heterocycles. The van der Waals surface area contributed by atoms with Crippen LogP contribution in [0.3, 0.4) is 0 Å². The van der Waals surface area contributed by atoms with Gasteiger partial charge in [-0.3, -0.25) is 9.59 Å². The molecule has 6 heteroatoms. The van der Waals surface area contributed by atoms with Gasteiger partial charge in [0, 0.05) is 17.8 Å². The molecule has 0 saturated carbocycles. The van der Waals surface area contributed by atoms with Crippen LogP contribution in [0.1, 0.15) is 50.0 Å². The first kappa shape index (κ1) is 22.4. The Morgan fingerprint density at radius 2 is 1.83 bits per heavy atom. The highest BCUT2D eigenvalue weighted by molar-refractivity contribution is 5.98. The highest BCUT2D eigenvalue weighted by Crippen LogP contribution is 2.18. The summed E-state index contributed by atoms with van der Waals surface area (Å²) in [6.45, 7) is 10.6. The molecule has 24 heavy (non-hydrogen) atoms. The van der Waals surface area contributed by atoms with Gasteiger partial charge in [-0.25, -0.2) is 0 Å². The van der Waals surface area contributed by atoms with Crippen molar-refractivity contribution in [1.29, 1.82) is 0 Å². The highest BCUT2D eigenvalue weighted by Gasteiger charge is 2.20. The number of nitrogens with one attached hydrogen (secondary N) is 2. The maximum absolute atomic E-state index is 12.1. The largest absolute Gasteiger partial charge is 0.352 e. The minimum Gasteiger partial charge on any atom is -0.352 e. The Balaban J connectivity index is 0.00000529. The van der Waals surface area contributed by atoms with Crippen LogP contribution in [0.4, 0.5) is 5.69 Å². The summed E-state index contributed by atoms with van der Waals surface area (Å²) in [5.74, 6) is 0.229. The summed E-state index contributed by atoms with van der Waals surface area (Å²) in [5.41, 5.74) is 8.06. The summed E-state index contributed by atoms with van der Waals surface area (Å²) in [7, 11) is 0. The van der Waals surface area contributed by atoms with Gasteiger partial charge >= 0.3 is 0 Å². The molecule has 5 nitrogen and oxygen atoms in total. The molecule has 0 aliphatic carbocycles. The van der Waals surface area contributed by atoms with Gasteiger partial charge in [-0.2, -0.15) is 0 Å². The number of carbonyl (C=O) groups is 2. The maximum Gasteiger partial charge on any atom is 0.251 e. The van der Waals surface area contributed by atoms with Gasteiger partial charge < -0.3 is 16.4 Å². The summed E-state index contributed by atoms with van der Waals surface area (Å²) in [6, 6.07) is 4.71. The molecule has 0 saturated heterocycles. The number of benzene rings is 1. The van der Waals surface area contributed by atoms with Crippen molar-refractivity contribution in [3.05, 3.63) is 29.3 Å². The van der Waals surface area contributed by atoms with E-state index in [-0.39, 0.29) is 30.1 Å². The van der Waals surface area contributed by atoms with Crippen LogP contribution >= 0.6 is 12.4 Å². The Labute approximate surface area is 151 Å². The van der Waals surface area contributed by atoms with E-state index in [1.54, 1.807) is 18.2 Å². The Morgan fingerprint density at radius 1 is 1.21 bits per heavy atom. The zero-order valence-corrected chi connectivity index (χ0v) is 16.0. The minimum absolute atomic E-state index is 0. The molecule has 2 amide bonds. The first-order valence-corrected chi connectivity index (χ1v) is 8.21. The number of halogens is 1. The molecule has 1 aromatic carbocycles. The second kappa shape index (κ2) is 10.3. The second-order valence-electron chi connectivity index (χ2n) is 6.53. The molecule has 2 unspecified atom stereocenters. The van der Waals surface area contributed by atoms with E-state index in [1.807, 2.05) is 34.6 Å². The molecule has 0 aromatic heterocycles. The van der Waals surface area contributed by atoms with Crippen molar-refractivity contribution in [2.45, 2.75) is 47.1 Å². The standard InChI is InChI=1S/C18H29N3O2.ClH/c1-6-12(4)16(19)18(23)21-15-8-7-14(9-13(15)5)17(22)20-10-11(2)3;/h7-9,11-12,16H,6,10,19H2,1-5H3,(H,20,22)(H,21,23);1H. The Hall–Kier alpha value is -1.59. The van der Waals surface area contributed by atoms with Gasteiger partial charge in [0.25, 0.3) is 5.91 Å². The maximum atomic E-state index is 12.1. The molecule has 0 spiro atoms. The molecule has 1 aromatic rings. The zero-order chi connectivity index (χ0) is 17.6. The fraction of sp³-hybridized carbons (Fsp3) is 0.556. The molecule has 0 aliphatic rings. The van der Waals surface area contributed by atoms with E-state index in [0.29, 0.717) is 23.7 Å². The normalized spacial score (nSPS) is 13.0. The van der Waals surface area contributed by atoms with Crippen molar-refractivity contribution in [2.75, 3.05) is 11.9 Å². The van der Waals surface area contributed by atoms with Crippen LogP contribution in [0.25, 0.3) is 0 Å². The van der Waals surface area contributed by atoms with Crippen molar-refractivity contribution >= 4 is 29.9 Å². The second-order valence-corrected chi connectivity index (χ2v) is 6.53. The van der Waals surface area contributed by atoms with Crippen LogP contribution < -0.4 is 16.4 Å². The number of anilines is 1. The molecule has 2 atom stereocenters. The SMILES string of the molecule is CCC(C)C(N)C(=O)Nc1ccc(C(=O)NCC(C)C)cc1C.Cl. The van der Waals surface area contributed by atoms with E-state index in [0.717, 1.165) is 12.0 Å². The quantitative estimate of drug-likeness (QED) is 0.702. The molecule has 0 radical (unpaired) electrons. The van der Waals surface area contributed by atoms with Gasteiger partial charge in [0.15, 0.2) is 0 Å². The van der Waals surface area contributed by atoms with Crippen molar-refractivity contribution < 1.29 is 9.59 Å². The van der Waals surface area contributed by atoms with E-state index in [1.165, 1.54) is 0 Å². The summed E-state index contributed by atoms with van der Waals surface area (Å²) in [5, 5.41) is 5.73. The smallest absolute Gasteiger partial charge is 0.251 e. The first-order chi connectivity index (χ1) is 10.8. The summed E-state index contributed by atoms with van der Waals surface area (Å²) in [4.78, 5) is 24.2. The molecule has 0 heterocycles. The average molecular weight is 356 g/mol. The molecule has 136 valence electrons. The van der Waals surface area contributed by atoms with Crippen molar-refractivity contribution in [1.82, 2.24) is 5.32 Å². The highest BCUT2D eigenvalue weighted by atomic mass is 35.5. The predicted molar refractivity (Wildman–Crippen MR) is 102 cm³/mol. The predicted octanol–water partition coefficient (Wildman–Crippen LogP) is 3.11. The Bertz CT molecular complexity index is 561. The molecular formula is C18H30ClN3O2. The van der Waals surface area contributed by atoms with Crippen molar-refractivity contribution in [2.24, 2.45) is 17.6 Å². The third-order valence-electron chi connectivity index (χ3n) is 3.98. The number of rotatable bonds is 7. The van der Waals surface area contributed by atoms with E-state index in [4.69, 9.17) is 5.73 Å². The minimum atomic E-state index is -0.534. The van der Waals surface area contributed by atoms with Crippen molar-refractivity contribution in [3.63, 3.8) is 0 Å². The molecular weight excluding hydrogens is 326 g/mol. The lowest BCUT2D eigenvalue weighted by Crippen LogP contribution is -2.40. The fourth-order valence-electron chi connectivity index (χ4n) is 2.07. The summed E-state index contributed by atoms with van der Waals surface area (Å²) < 4.78 is 0. The van der Waals surface area contributed by atoms with Gasteiger partial charge in [0.1, 0.15) is 0 Å². The van der Waals surface area contributed by atoms with Gasteiger partial charge in [-0.1, -0.05) is 34.1 Å². The van der Waals surface area contributed by atoms with Crippen molar-refractivity contribution in [3.8, 4) is 0 Å². The molecule has 1 rings (SSSR count). The lowest BCUT2D eigenvalue weighted by atomic mass is 9.99. The summed E-state index contributed by atoms with van der Waals surface area (Å²) >= 11 is 0. The number of hydrogen-bond acceptors (Lipinski definition) is 3. The third kappa shape index (κ3) is 6.49. The van der Waals surface area contributed by atoms with Crippen LogP contribution in [0.5, 0.6) is 0 Å². The Kier molecular flexibility index (Phi) is 9.63. The Morgan fingerprint density at radius 3 is 2.33 bits per heavy atom. The fourth-order valence-corrected chi connectivity index (χ4v) is 2.07. The number of amides is 2. The molecule has 0 bridgehead atoms. The van der Waals surface area contributed by atoms with Crippen LogP contribution in [-0.4, -0.2) is 24.4 Å². The lowest BCUT2D eigenvalue weighted by Gasteiger charge is -2.18. The van der Waals surface area contributed by atoms with Crippen LogP contribution in [0.2, 0.25) is 0 Å². The lowest BCUT2D eigenvalue weighted by molar-refractivity contribution is -0.118. The van der Waals surface area contributed by atoms with Gasteiger partial charge in [-0.15, -0.1) is 12.4 Å². The topological polar surface area (TPSA) is 84.2 Å². The first-order valence-electron chi connectivity index (χ1n) is 8.21. The van der Waals surface area contributed by atoms with E-state index in [2.05, 4.69) is 10.6 Å². The molecule has 0 fully saturated rings. The van der Waals surface area contributed by atoms with Gasteiger partial charge in [0.05, 0.1) is 6.04 Å². The van der Waals surface area contributed by atoms with Crippen LogP contribution in [0, 0.1) is 18.8 Å².